The number of unbranched alkanes of at least 4 members (excludes halogenated alkanes) is 4. The monoisotopic (exact) mass is 588 g/mol. The summed E-state index contributed by atoms with van der Waals surface area (Å²) < 4.78 is 23.7. The Morgan fingerprint density at radius 2 is 1.10 bits per heavy atom. The van der Waals surface area contributed by atoms with Crippen LogP contribution in [0.15, 0.2) is 0 Å². The van der Waals surface area contributed by atoms with E-state index < -0.39 is 29.7 Å². The SMILES string of the molecule is CCC[CH2][Sn]([CH2]CCC)([O]C(=O)C(S)CCCCOC)[O]C(=O)C(S)CCCCOC. The van der Waals surface area contributed by atoms with Crippen molar-refractivity contribution in [2.75, 3.05) is 27.4 Å². The van der Waals surface area contributed by atoms with Crippen LogP contribution in [0.4, 0.5) is 0 Å². The molecule has 0 bridgehead atoms. The van der Waals surface area contributed by atoms with Crippen molar-refractivity contribution in [1.29, 1.82) is 0 Å². The molecule has 0 fully saturated rings. The van der Waals surface area contributed by atoms with Crippen molar-refractivity contribution < 1.29 is 25.2 Å². The molecule has 0 aromatic carbocycles. The van der Waals surface area contributed by atoms with Crippen LogP contribution in [0.3, 0.4) is 0 Å². The van der Waals surface area contributed by atoms with E-state index in [0.717, 1.165) is 51.4 Å². The first-order valence-electron chi connectivity index (χ1n) is 11.7. The zero-order valence-corrected chi connectivity index (χ0v) is 24.5. The van der Waals surface area contributed by atoms with Gasteiger partial charge in [-0.05, 0) is 0 Å². The molecule has 0 aliphatic carbocycles. The molecule has 0 aliphatic rings. The molecule has 0 radical (unpaired) electrons. The summed E-state index contributed by atoms with van der Waals surface area (Å²) in [5.74, 6) is -0.681. The fraction of sp³-hybridized carbons (Fsp3) is 0.909. The summed E-state index contributed by atoms with van der Waals surface area (Å²) in [7, 11) is 3.33. The fourth-order valence-electron chi connectivity index (χ4n) is 3.15. The van der Waals surface area contributed by atoms with Gasteiger partial charge in [0.05, 0.1) is 0 Å². The molecule has 0 aromatic rings. The standard InChI is InChI=1S/2C7H14O3S.2C4H9.Sn/c2*1-10-5-3-2-4-6(11)7(8)9;2*1-3-4-2;/h2*6,11H,2-5H2,1H3,(H,8,9);2*1,3-4H2,2H3;/q;;;;+2/p-2. The van der Waals surface area contributed by atoms with Gasteiger partial charge < -0.3 is 0 Å². The molecule has 0 rings (SSSR count). The van der Waals surface area contributed by atoms with E-state index in [1.807, 2.05) is 0 Å². The zero-order valence-electron chi connectivity index (χ0n) is 19.9. The molecule has 0 aromatic heterocycles. The van der Waals surface area contributed by atoms with Crippen molar-refractivity contribution in [2.24, 2.45) is 0 Å². The van der Waals surface area contributed by atoms with Crippen LogP contribution in [0, 0.1) is 0 Å². The predicted octanol–water partition coefficient (Wildman–Crippen LogP) is 5.35. The molecule has 6 nitrogen and oxygen atoms in total. The molecular formula is C22H44O6S2Sn. The number of hydrogen-bond donors (Lipinski definition) is 2. The molecule has 0 heterocycles. The van der Waals surface area contributed by atoms with Crippen LogP contribution in [0.5, 0.6) is 0 Å². The average molecular weight is 587 g/mol. The minimum absolute atomic E-state index is 0.340. The maximum atomic E-state index is 12.8. The Morgan fingerprint density at radius 3 is 1.42 bits per heavy atom. The predicted molar refractivity (Wildman–Crippen MR) is 134 cm³/mol. The van der Waals surface area contributed by atoms with E-state index in [0.29, 0.717) is 34.9 Å². The van der Waals surface area contributed by atoms with Crippen LogP contribution in [-0.2, 0) is 25.2 Å². The van der Waals surface area contributed by atoms with Crippen LogP contribution in [0.1, 0.15) is 78.1 Å². The Balaban J connectivity index is 5.16. The molecule has 2 unspecified atom stereocenters. The molecule has 0 saturated carbocycles. The molecule has 0 aliphatic heterocycles. The number of hydrogen-bond acceptors (Lipinski definition) is 8. The van der Waals surface area contributed by atoms with Crippen LogP contribution < -0.4 is 0 Å². The minimum atomic E-state index is -3.96. The Kier molecular flexibility index (Phi) is 20.0. The van der Waals surface area contributed by atoms with Crippen molar-refractivity contribution in [3.8, 4) is 0 Å². The topological polar surface area (TPSA) is 71.1 Å². The van der Waals surface area contributed by atoms with Crippen molar-refractivity contribution >= 4 is 56.4 Å². The van der Waals surface area contributed by atoms with Gasteiger partial charge in [0.15, 0.2) is 0 Å². The van der Waals surface area contributed by atoms with Gasteiger partial charge in [0.2, 0.25) is 0 Å². The van der Waals surface area contributed by atoms with E-state index >= 15 is 0 Å². The van der Waals surface area contributed by atoms with Gasteiger partial charge in [0, 0.05) is 0 Å². The van der Waals surface area contributed by atoms with Gasteiger partial charge in [-0.1, -0.05) is 0 Å². The van der Waals surface area contributed by atoms with E-state index in [4.69, 9.17) is 15.6 Å². The molecule has 0 amide bonds. The van der Waals surface area contributed by atoms with Crippen LogP contribution >= 0.6 is 25.3 Å². The Hall–Kier alpha value is 0.359. The van der Waals surface area contributed by atoms with Crippen molar-refractivity contribution in [1.82, 2.24) is 0 Å². The van der Waals surface area contributed by atoms with Crippen LogP contribution in [-0.4, -0.2) is 69.1 Å². The van der Waals surface area contributed by atoms with Crippen LogP contribution in [0.2, 0.25) is 8.87 Å². The van der Waals surface area contributed by atoms with Gasteiger partial charge in [-0.3, -0.25) is 0 Å². The Morgan fingerprint density at radius 1 is 0.710 bits per heavy atom. The summed E-state index contributed by atoms with van der Waals surface area (Å²) in [6.45, 7) is 5.51. The van der Waals surface area contributed by atoms with Crippen molar-refractivity contribution in [3.63, 3.8) is 0 Å². The summed E-state index contributed by atoms with van der Waals surface area (Å²) >= 11 is 4.97. The van der Waals surface area contributed by atoms with Gasteiger partial charge in [-0.2, -0.15) is 0 Å². The normalized spacial score (nSPS) is 13.6. The molecule has 0 spiro atoms. The Bertz CT molecular complexity index is 439. The average Bonchev–Trinajstić information content (AvgIpc) is 2.76. The first-order valence-corrected chi connectivity index (χ1v) is 19.0. The van der Waals surface area contributed by atoms with E-state index in [1.54, 1.807) is 14.2 Å². The molecule has 31 heavy (non-hydrogen) atoms. The van der Waals surface area contributed by atoms with E-state index in [1.165, 1.54) is 0 Å². The molecule has 0 saturated heterocycles. The second-order valence-corrected chi connectivity index (χ2v) is 18.4. The Labute approximate surface area is 205 Å². The first-order chi connectivity index (χ1) is 14.9. The summed E-state index contributed by atoms with van der Waals surface area (Å²) in [4.78, 5) is 25.7. The number of methoxy groups -OCH3 is 2. The molecule has 2 atom stereocenters. The van der Waals surface area contributed by atoms with Crippen molar-refractivity contribution in [3.05, 3.63) is 0 Å². The molecule has 184 valence electrons. The fourth-order valence-corrected chi connectivity index (χ4v) is 14.2. The quantitative estimate of drug-likeness (QED) is 0.114. The van der Waals surface area contributed by atoms with Crippen LogP contribution in [0.25, 0.3) is 0 Å². The summed E-state index contributed by atoms with van der Waals surface area (Å²) in [6.07, 6.45) is 8.36. The van der Waals surface area contributed by atoms with Crippen molar-refractivity contribution in [2.45, 2.75) is 97.4 Å². The second kappa shape index (κ2) is 19.8. The first kappa shape index (κ1) is 31.4. The second-order valence-electron chi connectivity index (χ2n) is 7.97. The third kappa shape index (κ3) is 15.0. The number of thiol groups is 2. The number of rotatable bonds is 20. The number of carbonyl (C=O) groups excluding carboxylic acids is 2. The van der Waals surface area contributed by atoms with Gasteiger partial charge in [-0.25, -0.2) is 0 Å². The van der Waals surface area contributed by atoms with E-state index in [2.05, 4.69) is 39.1 Å². The molecule has 9 heteroatoms. The number of ether oxygens (including phenoxy) is 2. The van der Waals surface area contributed by atoms with Gasteiger partial charge in [0.1, 0.15) is 0 Å². The summed E-state index contributed by atoms with van der Waals surface area (Å²) in [6, 6.07) is 0. The molecular weight excluding hydrogens is 543 g/mol. The third-order valence-electron chi connectivity index (χ3n) is 5.09. The molecule has 0 N–H and O–H groups in total. The third-order valence-corrected chi connectivity index (χ3v) is 15.7. The van der Waals surface area contributed by atoms with E-state index in [9.17, 15) is 9.59 Å². The van der Waals surface area contributed by atoms with Gasteiger partial charge in [0.25, 0.3) is 0 Å². The maximum absolute atomic E-state index is 12.8. The summed E-state index contributed by atoms with van der Waals surface area (Å²) in [5.41, 5.74) is 0. The van der Waals surface area contributed by atoms with Gasteiger partial charge in [-0.15, -0.1) is 0 Å². The number of carbonyl (C=O) groups is 2. The van der Waals surface area contributed by atoms with Gasteiger partial charge >= 0.3 is 206 Å². The zero-order chi connectivity index (χ0) is 23.5. The summed E-state index contributed by atoms with van der Waals surface area (Å²) in [5, 5.41) is -1.01. The van der Waals surface area contributed by atoms with E-state index in [-0.39, 0.29) is 11.9 Å².